The molecule has 0 radical (unpaired) electrons. The number of amides is 1. The number of carbonyl (C=O) groups is 1. The number of carbonyl (C=O) groups excluding carboxylic acids is 1. The summed E-state index contributed by atoms with van der Waals surface area (Å²) >= 11 is 0. The van der Waals surface area contributed by atoms with Crippen molar-refractivity contribution >= 4 is 5.91 Å². The lowest BCUT2D eigenvalue weighted by Gasteiger charge is -2.40. The highest BCUT2D eigenvalue weighted by atomic mass is 16.3. The van der Waals surface area contributed by atoms with Crippen LogP contribution in [0.2, 0.25) is 0 Å². The number of nitrogens with one attached hydrogen (secondary N) is 1. The highest BCUT2D eigenvalue weighted by molar-refractivity contribution is 5.82. The van der Waals surface area contributed by atoms with Gasteiger partial charge in [0.25, 0.3) is 0 Å². The molecule has 1 heterocycles. The first-order valence-electron chi connectivity index (χ1n) is 5.58. The molecular weight excluding hydrogens is 192 g/mol. The Hall–Kier alpha value is -0.610. The Morgan fingerprint density at radius 2 is 2.27 bits per heavy atom. The first-order valence-corrected chi connectivity index (χ1v) is 5.58. The second-order valence-corrected chi connectivity index (χ2v) is 4.96. The van der Waals surface area contributed by atoms with Crippen LogP contribution >= 0.6 is 0 Å². The molecule has 0 aromatic rings. The van der Waals surface area contributed by atoms with E-state index in [-0.39, 0.29) is 24.0 Å². The summed E-state index contributed by atoms with van der Waals surface area (Å²) in [6, 6.07) is -0.109. The minimum absolute atomic E-state index is 0.0129. The van der Waals surface area contributed by atoms with Crippen LogP contribution in [-0.2, 0) is 4.79 Å². The van der Waals surface area contributed by atoms with E-state index in [1.54, 1.807) is 11.9 Å². The zero-order valence-corrected chi connectivity index (χ0v) is 9.92. The third-order valence-electron chi connectivity index (χ3n) is 3.19. The number of hydrogen-bond donors (Lipinski definition) is 2. The molecule has 0 spiro atoms. The van der Waals surface area contributed by atoms with Gasteiger partial charge in [-0.1, -0.05) is 13.8 Å². The Morgan fingerprint density at radius 1 is 1.60 bits per heavy atom. The van der Waals surface area contributed by atoms with Crippen molar-refractivity contribution in [2.24, 2.45) is 5.41 Å². The second-order valence-electron chi connectivity index (χ2n) is 4.96. The zero-order valence-electron chi connectivity index (χ0n) is 9.92. The molecule has 0 bridgehead atoms. The first kappa shape index (κ1) is 12.5. The number of piperidine rings is 1. The van der Waals surface area contributed by atoms with Crippen molar-refractivity contribution in [1.82, 2.24) is 10.2 Å². The molecule has 1 fully saturated rings. The van der Waals surface area contributed by atoms with E-state index < -0.39 is 0 Å². The van der Waals surface area contributed by atoms with Crippen LogP contribution in [0.5, 0.6) is 0 Å². The van der Waals surface area contributed by atoms with E-state index in [2.05, 4.69) is 19.2 Å². The van der Waals surface area contributed by atoms with E-state index in [9.17, 15) is 4.79 Å². The predicted octanol–water partition coefficient (Wildman–Crippen LogP) is 0.215. The Balaban J connectivity index is 2.64. The molecule has 0 aliphatic carbocycles. The zero-order chi connectivity index (χ0) is 11.5. The van der Waals surface area contributed by atoms with Crippen LogP contribution in [0.15, 0.2) is 0 Å². The van der Waals surface area contributed by atoms with E-state index in [1.165, 1.54) is 0 Å². The van der Waals surface area contributed by atoms with Gasteiger partial charge < -0.3 is 15.3 Å². The van der Waals surface area contributed by atoms with Crippen LogP contribution in [0.25, 0.3) is 0 Å². The highest BCUT2D eigenvalue weighted by Crippen LogP contribution is 2.30. The van der Waals surface area contributed by atoms with Crippen LogP contribution in [-0.4, -0.2) is 48.7 Å². The van der Waals surface area contributed by atoms with Gasteiger partial charge in [0.2, 0.25) is 5.91 Å². The largest absolute Gasteiger partial charge is 0.395 e. The molecule has 1 aliphatic rings. The number of nitrogens with zero attached hydrogens (tertiary/aromatic N) is 1. The maximum Gasteiger partial charge on any atom is 0.240 e. The van der Waals surface area contributed by atoms with Gasteiger partial charge in [-0.15, -0.1) is 0 Å². The van der Waals surface area contributed by atoms with Crippen LogP contribution in [0.1, 0.15) is 26.7 Å². The summed E-state index contributed by atoms with van der Waals surface area (Å²) in [6.07, 6.45) is 2.20. The fourth-order valence-corrected chi connectivity index (χ4v) is 2.11. The minimum atomic E-state index is -0.109. The first-order chi connectivity index (χ1) is 6.99. The summed E-state index contributed by atoms with van der Waals surface area (Å²) in [5.41, 5.74) is 0.0129. The maximum absolute atomic E-state index is 12.1. The lowest BCUT2D eigenvalue weighted by molar-refractivity contribution is -0.136. The van der Waals surface area contributed by atoms with Crippen molar-refractivity contribution in [3.8, 4) is 0 Å². The normalized spacial score (nSPS) is 24.9. The van der Waals surface area contributed by atoms with Gasteiger partial charge in [-0.2, -0.15) is 0 Å². The molecule has 0 aromatic heterocycles. The van der Waals surface area contributed by atoms with E-state index >= 15 is 0 Å². The Kier molecular flexibility index (Phi) is 4.11. The van der Waals surface area contributed by atoms with Crippen molar-refractivity contribution in [2.45, 2.75) is 32.7 Å². The standard InChI is InChI=1S/C11H22N2O2/c1-11(2)5-4-6-12-9(11)10(15)13(3)7-8-14/h9,12,14H,4-8H2,1-3H3. The van der Waals surface area contributed by atoms with Crippen LogP contribution < -0.4 is 5.32 Å². The topological polar surface area (TPSA) is 52.6 Å². The minimum Gasteiger partial charge on any atom is -0.395 e. The number of likely N-dealkylation sites (N-methyl/N-ethyl adjacent to an activating group) is 1. The number of rotatable bonds is 3. The third kappa shape index (κ3) is 2.92. The van der Waals surface area contributed by atoms with Gasteiger partial charge >= 0.3 is 0 Å². The molecular formula is C11H22N2O2. The number of aliphatic hydroxyl groups is 1. The Labute approximate surface area is 91.6 Å². The van der Waals surface area contributed by atoms with Crippen molar-refractivity contribution < 1.29 is 9.90 Å². The molecule has 0 saturated carbocycles. The molecule has 1 saturated heterocycles. The monoisotopic (exact) mass is 214 g/mol. The Morgan fingerprint density at radius 3 is 2.80 bits per heavy atom. The van der Waals surface area contributed by atoms with Crippen LogP contribution in [0.4, 0.5) is 0 Å². The van der Waals surface area contributed by atoms with Gasteiger partial charge in [0.1, 0.15) is 0 Å². The molecule has 2 N–H and O–H groups in total. The molecule has 1 unspecified atom stereocenters. The maximum atomic E-state index is 12.1. The molecule has 1 atom stereocenters. The second kappa shape index (κ2) is 4.94. The fraction of sp³-hybridized carbons (Fsp3) is 0.909. The lowest BCUT2D eigenvalue weighted by Crippen LogP contribution is -2.56. The molecule has 4 nitrogen and oxygen atoms in total. The summed E-state index contributed by atoms with van der Waals surface area (Å²) in [6.45, 7) is 5.58. The SMILES string of the molecule is CN(CCO)C(=O)C1NCCCC1(C)C. The predicted molar refractivity (Wildman–Crippen MR) is 59.5 cm³/mol. The molecule has 4 heteroatoms. The number of aliphatic hydroxyl groups excluding tert-OH is 1. The molecule has 1 aliphatic heterocycles. The summed E-state index contributed by atoms with van der Waals surface area (Å²) in [5, 5.41) is 12.1. The number of hydrogen-bond acceptors (Lipinski definition) is 3. The lowest BCUT2D eigenvalue weighted by atomic mass is 9.77. The van der Waals surface area contributed by atoms with Gasteiger partial charge in [0, 0.05) is 13.6 Å². The van der Waals surface area contributed by atoms with Gasteiger partial charge in [0.05, 0.1) is 12.6 Å². The van der Waals surface area contributed by atoms with E-state index in [0.717, 1.165) is 19.4 Å². The molecule has 1 rings (SSSR count). The van der Waals surface area contributed by atoms with Gasteiger partial charge in [0.15, 0.2) is 0 Å². The van der Waals surface area contributed by atoms with Crippen molar-refractivity contribution in [3.63, 3.8) is 0 Å². The molecule has 88 valence electrons. The van der Waals surface area contributed by atoms with Crippen molar-refractivity contribution in [3.05, 3.63) is 0 Å². The van der Waals surface area contributed by atoms with Gasteiger partial charge in [-0.25, -0.2) is 0 Å². The average molecular weight is 214 g/mol. The van der Waals surface area contributed by atoms with Crippen LogP contribution in [0.3, 0.4) is 0 Å². The smallest absolute Gasteiger partial charge is 0.240 e. The summed E-state index contributed by atoms with van der Waals surface area (Å²) in [7, 11) is 1.74. The molecule has 1 amide bonds. The van der Waals surface area contributed by atoms with E-state index in [4.69, 9.17) is 5.11 Å². The quantitative estimate of drug-likeness (QED) is 0.706. The molecule has 15 heavy (non-hydrogen) atoms. The summed E-state index contributed by atoms with van der Waals surface area (Å²) in [5.74, 6) is 0.0914. The van der Waals surface area contributed by atoms with E-state index in [0.29, 0.717) is 6.54 Å². The summed E-state index contributed by atoms with van der Waals surface area (Å²) < 4.78 is 0. The summed E-state index contributed by atoms with van der Waals surface area (Å²) in [4.78, 5) is 13.7. The van der Waals surface area contributed by atoms with Crippen LogP contribution in [0, 0.1) is 5.41 Å². The highest BCUT2D eigenvalue weighted by Gasteiger charge is 2.38. The Bertz CT molecular complexity index is 229. The van der Waals surface area contributed by atoms with Gasteiger partial charge in [-0.3, -0.25) is 4.79 Å². The van der Waals surface area contributed by atoms with Crippen molar-refractivity contribution in [1.29, 1.82) is 0 Å². The average Bonchev–Trinajstić information content (AvgIpc) is 2.16. The fourth-order valence-electron chi connectivity index (χ4n) is 2.11. The molecule has 0 aromatic carbocycles. The van der Waals surface area contributed by atoms with E-state index in [1.807, 2.05) is 0 Å². The van der Waals surface area contributed by atoms with Crippen molar-refractivity contribution in [2.75, 3.05) is 26.7 Å². The third-order valence-corrected chi connectivity index (χ3v) is 3.19. The van der Waals surface area contributed by atoms with Gasteiger partial charge in [-0.05, 0) is 24.8 Å².